The van der Waals surface area contributed by atoms with E-state index in [1.165, 1.54) is 11.3 Å². The van der Waals surface area contributed by atoms with Crippen molar-refractivity contribution in [3.05, 3.63) is 27.8 Å². The van der Waals surface area contributed by atoms with Gasteiger partial charge in [-0.1, -0.05) is 13.3 Å². The Morgan fingerprint density at radius 2 is 2.30 bits per heavy atom. The van der Waals surface area contributed by atoms with Crippen LogP contribution in [0, 0.1) is 10.1 Å². The van der Waals surface area contributed by atoms with Crippen LogP contribution in [0.1, 0.15) is 19.8 Å². The number of unbranched alkanes of at least 4 members (excludes halogenated alkanes) is 1. The third kappa shape index (κ3) is 3.43. The molecule has 1 heterocycles. The van der Waals surface area contributed by atoms with Gasteiger partial charge < -0.3 is 10.1 Å². The Labute approximate surface area is 120 Å². The van der Waals surface area contributed by atoms with E-state index in [0.717, 1.165) is 24.1 Å². The van der Waals surface area contributed by atoms with Crippen molar-refractivity contribution in [2.24, 2.45) is 0 Å². The maximum atomic E-state index is 11.2. The van der Waals surface area contributed by atoms with Crippen LogP contribution in [0.2, 0.25) is 0 Å². The first-order chi connectivity index (χ1) is 9.74. The topological polar surface area (TPSA) is 77.3 Å². The number of hydrogen-bond donors (Lipinski definition) is 1. The molecule has 0 spiro atoms. The fourth-order valence-corrected chi connectivity index (χ4v) is 2.53. The number of benzene rings is 1. The van der Waals surface area contributed by atoms with Crippen molar-refractivity contribution in [1.29, 1.82) is 0 Å². The van der Waals surface area contributed by atoms with E-state index in [0.29, 0.717) is 24.4 Å². The van der Waals surface area contributed by atoms with Gasteiger partial charge in [0.1, 0.15) is 5.69 Å². The van der Waals surface area contributed by atoms with Gasteiger partial charge in [0, 0.05) is 13.2 Å². The summed E-state index contributed by atoms with van der Waals surface area (Å²) >= 11 is 1.40. The average molecular weight is 295 g/mol. The molecule has 0 bridgehead atoms. The molecule has 0 saturated heterocycles. The Morgan fingerprint density at radius 1 is 1.45 bits per heavy atom. The molecule has 0 atom stereocenters. The van der Waals surface area contributed by atoms with Gasteiger partial charge in [0.05, 0.1) is 21.7 Å². The monoisotopic (exact) mass is 295 g/mol. The summed E-state index contributed by atoms with van der Waals surface area (Å²) in [5.41, 5.74) is 2.59. The fourth-order valence-electron chi connectivity index (χ4n) is 1.85. The molecule has 2 rings (SSSR count). The SMILES string of the molecule is CCCCOCCNc1ccc2scnc2c1[N+](=O)[O-]. The average Bonchev–Trinajstić information content (AvgIpc) is 2.90. The van der Waals surface area contributed by atoms with Crippen molar-refractivity contribution in [3.63, 3.8) is 0 Å². The number of rotatable bonds is 8. The number of fused-ring (bicyclic) bond motifs is 1. The molecular weight excluding hydrogens is 278 g/mol. The molecule has 0 unspecified atom stereocenters. The lowest BCUT2D eigenvalue weighted by atomic mass is 10.2. The number of ether oxygens (including phenoxy) is 1. The molecule has 1 aromatic heterocycles. The molecule has 6 nitrogen and oxygen atoms in total. The third-order valence-electron chi connectivity index (χ3n) is 2.86. The van der Waals surface area contributed by atoms with Crippen LogP contribution in [0.15, 0.2) is 17.6 Å². The summed E-state index contributed by atoms with van der Waals surface area (Å²) in [7, 11) is 0. The minimum absolute atomic E-state index is 0.0392. The van der Waals surface area contributed by atoms with E-state index in [1.54, 1.807) is 11.6 Å². The second-order valence-corrected chi connectivity index (χ2v) is 5.20. The van der Waals surface area contributed by atoms with Crippen molar-refractivity contribution in [1.82, 2.24) is 4.98 Å². The van der Waals surface area contributed by atoms with Crippen molar-refractivity contribution in [3.8, 4) is 0 Å². The highest BCUT2D eigenvalue weighted by Crippen LogP contribution is 2.34. The second kappa shape index (κ2) is 7.16. The predicted molar refractivity (Wildman–Crippen MR) is 80.5 cm³/mol. The van der Waals surface area contributed by atoms with Crippen LogP contribution < -0.4 is 5.32 Å². The standard InChI is InChI=1S/C13H17N3O3S/c1-2-3-7-19-8-6-14-10-4-5-11-12(15-9-20-11)13(10)16(17)18/h4-5,9,14H,2-3,6-8H2,1H3. The van der Waals surface area contributed by atoms with Gasteiger partial charge in [0.25, 0.3) is 0 Å². The lowest BCUT2D eigenvalue weighted by molar-refractivity contribution is -0.382. The van der Waals surface area contributed by atoms with Crippen LogP contribution in [0.3, 0.4) is 0 Å². The number of nitro groups is 1. The quantitative estimate of drug-likeness (QED) is 0.458. The molecule has 1 N–H and O–H groups in total. The minimum Gasteiger partial charge on any atom is -0.380 e. The van der Waals surface area contributed by atoms with E-state index < -0.39 is 0 Å². The van der Waals surface area contributed by atoms with Gasteiger partial charge in [-0.2, -0.15) is 0 Å². The molecule has 2 aromatic rings. The molecule has 0 fully saturated rings. The normalized spacial score (nSPS) is 10.8. The highest BCUT2D eigenvalue weighted by atomic mass is 32.1. The van der Waals surface area contributed by atoms with Gasteiger partial charge in [-0.05, 0) is 18.6 Å². The Kier molecular flexibility index (Phi) is 5.25. The lowest BCUT2D eigenvalue weighted by Gasteiger charge is -2.08. The van der Waals surface area contributed by atoms with E-state index in [1.807, 2.05) is 6.07 Å². The molecule has 1 aromatic carbocycles. The molecule has 20 heavy (non-hydrogen) atoms. The highest BCUT2D eigenvalue weighted by molar-refractivity contribution is 7.16. The molecule has 0 amide bonds. The summed E-state index contributed by atoms with van der Waals surface area (Å²) in [5, 5.41) is 14.3. The summed E-state index contributed by atoms with van der Waals surface area (Å²) in [6.07, 6.45) is 2.13. The molecule has 7 heteroatoms. The summed E-state index contributed by atoms with van der Waals surface area (Å²) in [5.74, 6) is 0. The maximum Gasteiger partial charge on any atom is 0.319 e. The van der Waals surface area contributed by atoms with E-state index in [2.05, 4.69) is 17.2 Å². The minimum atomic E-state index is -0.387. The number of thiazole rings is 1. The van der Waals surface area contributed by atoms with Crippen LogP contribution in [-0.4, -0.2) is 29.7 Å². The number of nitro benzene ring substituents is 1. The van der Waals surface area contributed by atoms with E-state index >= 15 is 0 Å². The van der Waals surface area contributed by atoms with E-state index in [9.17, 15) is 10.1 Å². The molecular formula is C13H17N3O3S. The fraction of sp³-hybridized carbons (Fsp3) is 0.462. The van der Waals surface area contributed by atoms with E-state index in [-0.39, 0.29) is 10.6 Å². The second-order valence-electron chi connectivity index (χ2n) is 4.31. The van der Waals surface area contributed by atoms with Crippen molar-refractivity contribution >= 4 is 32.9 Å². The van der Waals surface area contributed by atoms with Crippen LogP contribution >= 0.6 is 11.3 Å². The first-order valence-electron chi connectivity index (χ1n) is 6.56. The summed E-state index contributed by atoms with van der Waals surface area (Å²) in [6.45, 7) is 3.91. The van der Waals surface area contributed by atoms with Crippen molar-refractivity contribution in [2.45, 2.75) is 19.8 Å². The van der Waals surface area contributed by atoms with Gasteiger partial charge in [-0.25, -0.2) is 4.98 Å². The van der Waals surface area contributed by atoms with Crippen LogP contribution in [0.4, 0.5) is 11.4 Å². The zero-order valence-electron chi connectivity index (χ0n) is 11.3. The number of aromatic nitrogens is 1. The van der Waals surface area contributed by atoms with Crippen molar-refractivity contribution < 1.29 is 9.66 Å². The van der Waals surface area contributed by atoms with Gasteiger partial charge in [-0.15, -0.1) is 11.3 Å². The third-order valence-corrected chi connectivity index (χ3v) is 3.66. The summed E-state index contributed by atoms with van der Waals surface area (Å²) < 4.78 is 6.24. The van der Waals surface area contributed by atoms with Crippen LogP contribution in [-0.2, 0) is 4.74 Å². The number of hydrogen-bond acceptors (Lipinski definition) is 6. The number of nitrogens with one attached hydrogen (secondary N) is 1. The molecule has 0 aliphatic rings. The predicted octanol–water partition coefficient (Wildman–Crippen LogP) is 3.43. The number of anilines is 1. The van der Waals surface area contributed by atoms with Crippen LogP contribution in [0.25, 0.3) is 10.2 Å². The lowest BCUT2D eigenvalue weighted by Crippen LogP contribution is -2.11. The Hall–Kier alpha value is -1.73. The van der Waals surface area contributed by atoms with Gasteiger partial charge in [-0.3, -0.25) is 10.1 Å². The maximum absolute atomic E-state index is 11.2. The van der Waals surface area contributed by atoms with Crippen LogP contribution in [0.5, 0.6) is 0 Å². The smallest absolute Gasteiger partial charge is 0.319 e. The Balaban J connectivity index is 2.02. The molecule has 108 valence electrons. The zero-order chi connectivity index (χ0) is 14.4. The van der Waals surface area contributed by atoms with Gasteiger partial charge in [0.15, 0.2) is 5.52 Å². The molecule has 0 aliphatic heterocycles. The summed E-state index contributed by atoms with van der Waals surface area (Å²) in [4.78, 5) is 14.9. The zero-order valence-corrected chi connectivity index (χ0v) is 12.1. The first kappa shape index (κ1) is 14.7. The first-order valence-corrected chi connectivity index (χ1v) is 7.44. The Bertz CT molecular complexity index is 585. The van der Waals surface area contributed by atoms with E-state index in [4.69, 9.17) is 4.74 Å². The van der Waals surface area contributed by atoms with Gasteiger partial charge in [0.2, 0.25) is 0 Å². The van der Waals surface area contributed by atoms with Crippen molar-refractivity contribution in [2.75, 3.05) is 25.1 Å². The molecule has 0 saturated carbocycles. The summed E-state index contributed by atoms with van der Waals surface area (Å²) in [6, 6.07) is 3.57. The van der Waals surface area contributed by atoms with Gasteiger partial charge >= 0.3 is 5.69 Å². The Morgan fingerprint density at radius 3 is 3.05 bits per heavy atom. The molecule has 0 radical (unpaired) electrons. The number of nitrogens with zero attached hydrogens (tertiary/aromatic N) is 2. The highest BCUT2D eigenvalue weighted by Gasteiger charge is 2.20. The molecule has 0 aliphatic carbocycles. The largest absolute Gasteiger partial charge is 0.380 e.